The SMILES string of the molecule is O=C(NCCN1CCOCC1)c1cccc(-c2ccc3c(c2)C(=O)Nc2cc(OC(F)(F)F)ccc2N3)c1. The normalized spacial score (nSPS) is 15.4. The average Bonchev–Trinajstić information content (AvgIpc) is 3.03. The Balaban J connectivity index is 1.30. The molecule has 2 amide bonds. The third kappa shape index (κ3) is 6.06. The number of ether oxygens (including phenoxy) is 2. The largest absolute Gasteiger partial charge is 0.573 e. The maximum absolute atomic E-state index is 13.0. The molecule has 38 heavy (non-hydrogen) atoms. The maximum atomic E-state index is 13.0. The van der Waals surface area contributed by atoms with Crippen LogP contribution in [0, 0.1) is 0 Å². The number of hydrogen-bond donors (Lipinski definition) is 3. The minimum Gasteiger partial charge on any atom is -0.406 e. The van der Waals surface area contributed by atoms with Crippen molar-refractivity contribution in [3.63, 3.8) is 0 Å². The van der Waals surface area contributed by atoms with Gasteiger partial charge in [-0.2, -0.15) is 0 Å². The zero-order valence-corrected chi connectivity index (χ0v) is 20.2. The number of nitrogens with one attached hydrogen (secondary N) is 3. The van der Waals surface area contributed by atoms with Gasteiger partial charge in [-0.1, -0.05) is 18.2 Å². The fourth-order valence-electron chi connectivity index (χ4n) is 4.38. The zero-order valence-electron chi connectivity index (χ0n) is 20.2. The fourth-order valence-corrected chi connectivity index (χ4v) is 4.38. The van der Waals surface area contributed by atoms with E-state index in [0.717, 1.165) is 31.3 Å². The maximum Gasteiger partial charge on any atom is 0.573 e. The smallest absolute Gasteiger partial charge is 0.406 e. The van der Waals surface area contributed by atoms with Crippen molar-refractivity contribution < 1.29 is 32.2 Å². The lowest BCUT2D eigenvalue weighted by Gasteiger charge is -2.26. The van der Waals surface area contributed by atoms with Gasteiger partial charge in [0.2, 0.25) is 0 Å². The number of fused-ring (bicyclic) bond motifs is 2. The molecule has 8 nitrogen and oxygen atoms in total. The minimum absolute atomic E-state index is 0.158. The van der Waals surface area contributed by atoms with Crippen LogP contribution in [0.15, 0.2) is 60.7 Å². The number of hydrogen-bond acceptors (Lipinski definition) is 6. The summed E-state index contributed by atoms with van der Waals surface area (Å²) in [6.45, 7) is 4.35. The molecule has 0 unspecified atom stereocenters. The van der Waals surface area contributed by atoms with Gasteiger partial charge in [-0.3, -0.25) is 14.5 Å². The van der Waals surface area contributed by atoms with Gasteiger partial charge >= 0.3 is 6.36 Å². The molecule has 198 valence electrons. The predicted molar refractivity (Wildman–Crippen MR) is 136 cm³/mol. The first kappa shape index (κ1) is 25.6. The highest BCUT2D eigenvalue weighted by molar-refractivity contribution is 6.12. The van der Waals surface area contributed by atoms with Crippen molar-refractivity contribution in [2.24, 2.45) is 0 Å². The van der Waals surface area contributed by atoms with Crippen LogP contribution in [-0.4, -0.2) is 62.5 Å². The number of benzene rings is 3. The molecule has 0 saturated carbocycles. The van der Waals surface area contributed by atoms with E-state index in [4.69, 9.17) is 4.74 Å². The van der Waals surface area contributed by atoms with E-state index in [9.17, 15) is 22.8 Å². The molecular weight excluding hydrogens is 501 g/mol. The van der Waals surface area contributed by atoms with Gasteiger partial charge in [0.1, 0.15) is 5.75 Å². The predicted octanol–water partition coefficient (Wildman–Crippen LogP) is 4.62. The Labute approximate surface area is 216 Å². The number of alkyl halides is 3. The van der Waals surface area contributed by atoms with Crippen molar-refractivity contribution in [2.45, 2.75) is 6.36 Å². The van der Waals surface area contributed by atoms with Gasteiger partial charge in [0, 0.05) is 37.8 Å². The second-order valence-electron chi connectivity index (χ2n) is 8.89. The fraction of sp³-hybridized carbons (Fsp3) is 0.259. The molecule has 3 aromatic carbocycles. The van der Waals surface area contributed by atoms with Gasteiger partial charge in [-0.15, -0.1) is 13.2 Å². The summed E-state index contributed by atoms with van der Waals surface area (Å²) in [6.07, 6.45) is -4.84. The Morgan fingerprint density at radius 1 is 0.947 bits per heavy atom. The van der Waals surface area contributed by atoms with E-state index in [-0.39, 0.29) is 11.6 Å². The first-order valence-corrected chi connectivity index (χ1v) is 12.1. The van der Waals surface area contributed by atoms with Crippen molar-refractivity contribution in [2.75, 3.05) is 50.0 Å². The van der Waals surface area contributed by atoms with Crippen LogP contribution in [0.2, 0.25) is 0 Å². The zero-order chi connectivity index (χ0) is 26.7. The van der Waals surface area contributed by atoms with Gasteiger partial charge in [-0.05, 0) is 47.5 Å². The summed E-state index contributed by atoms with van der Waals surface area (Å²) in [5.74, 6) is -1.12. The second-order valence-corrected chi connectivity index (χ2v) is 8.89. The summed E-state index contributed by atoms with van der Waals surface area (Å²) in [4.78, 5) is 27.9. The molecule has 0 spiro atoms. The van der Waals surface area contributed by atoms with Crippen molar-refractivity contribution >= 4 is 28.9 Å². The van der Waals surface area contributed by atoms with Crippen molar-refractivity contribution in [3.05, 3.63) is 71.8 Å². The number of carbonyl (C=O) groups excluding carboxylic acids is 2. The topological polar surface area (TPSA) is 91.9 Å². The van der Waals surface area contributed by atoms with Crippen LogP contribution >= 0.6 is 0 Å². The Kier molecular flexibility index (Phi) is 7.21. The van der Waals surface area contributed by atoms with Gasteiger partial charge in [0.15, 0.2) is 0 Å². The molecule has 1 fully saturated rings. The monoisotopic (exact) mass is 526 g/mol. The van der Waals surface area contributed by atoms with Crippen LogP contribution < -0.4 is 20.7 Å². The molecule has 0 atom stereocenters. The molecule has 2 aliphatic rings. The van der Waals surface area contributed by atoms with Gasteiger partial charge < -0.3 is 25.4 Å². The number of carbonyl (C=O) groups is 2. The third-order valence-corrected chi connectivity index (χ3v) is 6.28. The minimum atomic E-state index is -4.84. The summed E-state index contributed by atoms with van der Waals surface area (Å²) >= 11 is 0. The van der Waals surface area contributed by atoms with E-state index in [2.05, 4.69) is 25.6 Å². The molecule has 3 N–H and O–H groups in total. The van der Waals surface area contributed by atoms with E-state index in [1.54, 1.807) is 36.4 Å². The molecule has 0 bridgehead atoms. The summed E-state index contributed by atoms with van der Waals surface area (Å²) in [5, 5.41) is 8.67. The summed E-state index contributed by atoms with van der Waals surface area (Å²) in [6, 6.07) is 16.0. The quantitative estimate of drug-likeness (QED) is 0.434. The second kappa shape index (κ2) is 10.7. The Hall–Kier alpha value is -4.09. The summed E-state index contributed by atoms with van der Waals surface area (Å²) < 4.78 is 47.1. The molecule has 1 saturated heterocycles. The van der Waals surface area contributed by atoms with Crippen LogP contribution in [0.3, 0.4) is 0 Å². The van der Waals surface area contributed by atoms with Crippen LogP contribution in [-0.2, 0) is 4.74 Å². The first-order chi connectivity index (χ1) is 18.2. The molecular formula is C27H25F3N4O4. The molecule has 2 aliphatic heterocycles. The van der Waals surface area contributed by atoms with E-state index in [1.165, 1.54) is 12.1 Å². The lowest BCUT2D eigenvalue weighted by Crippen LogP contribution is -2.41. The van der Waals surface area contributed by atoms with Crippen molar-refractivity contribution in [1.29, 1.82) is 0 Å². The highest BCUT2D eigenvalue weighted by Gasteiger charge is 2.31. The highest BCUT2D eigenvalue weighted by atomic mass is 19.4. The molecule has 11 heteroatoms. The lowest BCUT2D eigenvalue weighted by atomic mass is 9.99. The molecule has 0 radical (unpaired) electrons. The van der Waals surface area contributed by atoms with Gasteiger partial charge in [0.05, 0.1) is 35.8 Å². The van der Waals surface area contributed by atoms with Crippen molar-refractivity contribution in [3.8, 4) is 16.9 Å². The number of halogens is 3. The average molecular weight is 527 g/mol. The van der Waals surface area contributed by atoms with E-state index >= 15 is 0 Å². The molecule has 0 aliphatic carbocycles. The number of anilines is 3. The third-order valence-electron chi connectivity index (χ3n) is 6.28. The van der Waals surface area contributed by atoms with Crippen LogP contribution in [0.4, 0.5) is 30.2 Å². The lowest BCUT2D eigenvalue weighted by molar-refractivity contribution is -0.274. The van der Waals surface area contributed by atoms with E-state index in [1.807, 2.05) is 6.07 Å². The summed E-state index contributed by atoms with van der Waals surface area (Å²) in [5.41, 5.74) is 3.32. The number of morpholine rings is 1. The van der Waals surface area contributed by atoms with Gasteiger partial charge in [0.25, 0.3) is 11.8 Å². The van der Waals surface area contributed by atoms with E-state index in [0.29, 0.717) is 47.8 Å². The molecule has 2 heterocycles. The molecule has 3 aromatic rings. The van der Waals surface area contributed by atoms with E-state index < -0.39 is 18.0 Å². The Bertz CT molecular complexity index is 1360. The van der Waals surface area contributed by atoms with Crippen molar-refractivity contribution in [1.82, 2.24) is 10.2 Å². The Morgan fingerprint density at radius 2 is 1.71 bits per heavy atom. The Morgan fingerprint density at radius 3 is 2.50 bits per heavy atom. The highest BCUT2D eigenvalue weighted by Crippen LogP contribution is 2.37. The number of nitrogens with zero attached hydrogens (tertiary/aromatic N) is 1. The number of amides is 2. The van der Waals surface area contributed by atoms with Crippen LogP contribution in [0.25, 0.3) is 11.1 Å². The first-order valence-electron chi connectivity index (χ1n) is 12.1. The van der Waals surface area contributed by atoms with Gasteiger partial charge in [-0.25, -0.2) is 0 Å². The molecule has 5 rings (SSSR count). The molecule has 0 aromatic heterocycles. The number of rotatable bonds is 6. The standard InChI is InChI=1S/C27H25F3N4O4/c28-27(29,30)38-20-5-7-23-24(16-20)33-26(36)21-15-18(4-6-22(21)32-23)17-2-1-3-19(14-17)25(35)31-8-9-34-10-12-37-13-11-34/h1-7,14-16,32H,8-13H2,(H,31,35)(H,33,36). The summed E-state index contributed by atoms with van der Waals surface area (Å²) in [7, 11) is 0. The van der Waals surface area contributed by atoms with Crippen LogP contribution in [0.1, 0.15) is 20.7 Å². The van der Waals surface area contributed by atoms with Crippen LogP contribution in [0.5, 0.6) is 5.75 Å².